The molecule has 7 N–H and O–H groups in total. The Hall–Kier alpha value is -0.320. The molecule has 0 aromatic heterocycles. The summed E-state index contributed by atoms with van der Waals surface area (Å²) in [6.07, 6.45) is -7.54. The summed E-state index contributed by atoms with van der Waals surface area (Å²) in [5.41, 5.74) is 0. The molecule has 0 aromatic rings. The highest BCUT2D eigenvalue weighted by atomic mass is 16.5. The average Bonchev–Trinajstić information content (AvgIpc) is 2.35. The van der Waals surface area contributed by atoms with Crippen molar-refractivity contribution in [3.05, 3.63) is 0 Å². The highest BCUT2D eigenvalue weighted by Gasteiger charge is 2.30. The zero-order chi connectivity index (χ0) is 13.4. The molecule has 0 aliphatic heterocycles. The van der Waals surface area contributed by atoms with Gasteiger partial charge in [-0.15, -0.1) is 0 Å². The van der Waals surface area contributed by atoms with E-state index >= 15 is 0 Å². The lowest BCUT2D eigenvalue weighted by Gasteiger charge is -2.25. The molecule has 0 fully saturated rings. The maximum Gasteiger partial charge on any atom is 0.111 e. The molecule has 0 saturated heterocycles. The van der Waals surface area contributed by atoms with E-state index in [1.54, 1.807) is 0 Å². The molecule has 8 nitrogen and oxygen atoms in total. The summed E-state index contributed by atoms with van der Waals surface area (Å²) >= 11 is 0. The van der Waals surface area contributed by atoms with Crippen molar-refractivity contribution in [3.63, 3.8) is 0 Å². The van der Waals surface area contributed by atoms with Crippen molar-refractivity contribution in [1.29, 1.82) is 0 Å². The highest BCUT2D eigenvalue weighted by Crippen LogP contribution is 2.05. The van der Waals surface area contributed by atoms with Crippen molar-refractivity contribution in [1.82, 2.24) is 0 Å². The van der Waals surface area contributed by atoms with Crippen molar-refractivity contribution in [2.75, 3.05) is 26.4 Å². The summed E-state index contributed by atoms with van der Waals surface area (Å²) in [6, 6.07) is 0. The lowest BCUT2D eigenvalue weighted by Crippen LogP contribution is -2.47. The Kier molecular flexibility index (Phi) is 8.56. The van der Waals surface area contributed by atoms with E-state index in [9.17, 15) is 15.3 Å². The van der Waals surface area contributed by atoms with Gasteiger partial charge in [0.25, 0.3) is 0 Å². The second-order valence-corrected chi connectivity index (χ2v) is 3.67. The van der Waals surface area contributed by atoms with Gasteiger partial charge in [0.15, 0.2) is 0 Å². The molecule has 0 rings (SSSR count). The average molecular weight is 256 g/mol. The number of rotatable bonds is 9. The standard InChI is InChI=1S/C9H20O8/c10-1-5(12)3-17-4-7(14)9(16)8(15)6(13)2-11/h5-16H,1-4H2/t5?,6-,7+,8-,9-/m1/s1. The lowest BCUT2D eigenvalue weighted by molar-refractivity contribution is -0.132. The summed E-state index contributed by atoms with van der Waals surface area (Å²) in [4.78, 5) is 0. The van der Waals surface area contributed by atoms with Crippen LogP contribution in [0.25, 0.3) is 0 Å². The van der Waals surface area contributed by atoms with Crippen molar-refractivity contribution >= 4 is 0 Å². The number of aliphatic hydroxyl groups is 7. The Morgan fingerprint density at radius 1 is 0.706 bits per heavy atom. The molecule has 0 heterocycles. The van der Waals surface area contributed by atoms with Gasteiger partial charge in [-0.25, -0.2) is 0 Å². The molecule has 104 valence electrons. The Balaban J connectivity index is 3.92. The molecule has 8 heteroatoms. The molecule has 0 aliphatic carbocycles. The quantitative estimate of drug-likeness (QED) is 0.219. The second kappa shape index (κ2) is 8.72. The second-order valence-electron chi connectivity index (χ2n) is 3.67. The number of aliphatic hydroxyl groups excluding tert-OH is 7. The van der Waals surface area contributed by atoms with Crippen LogP contribution in [-0.2, 0) is 4.74 Å². The minimum Gasteiger partial charge on any atom is -0.394 e. The van der Waals surface area contributed by atoms with E-state index in [1.165, 1.54) is 0 Å². The molecule has 0 radical (unpaired) electrons. The fourth-order valence-corrected chi connectivity index (χ4v) is 1.04. The van der Waals surface area contributed by atoms with Crippen LogP contribution in [0.5, 0.6) is 0 Å². The van der Waals surface area contributed by atoms with Crippen LogP contribution in [0.4, 0.5) is 0 Å². The Bertz CT molecular complexity index is 190. The summed E-state index contributed by atoms with van der Waals surface area (Å²) in [7, 11) is 0. The van der Waals surface area contributed by atoms with Gasteiger partial charge in [0, 0.05) is 0 Å². The predicted molar refractivity (Wildman–Crippen MR) is 55.0 cm³/mol. The smallest absolute Gasteiger partial charge is 0.111 e. The lowest BCUT2D eigenvalue weighted by atomic mass is 10.0. The first-order valence-corrected chi connectivity index (χ1v) is 5.13. The van der Waals surface area contributed by atoms with Gasteiger partial charge in [-0.3, -0.25) is 0 Å². The molecule has 0 aromatic carbocycles. The van der Waals surface area contributed by atoms with Gasteiger partial charge in [0.2, 0.25) is 0 Å². The van der Waals surface area contributed by atoms with Crippen LogP contribution < -0.4 is 0 Å². The Morgan fingerprint density at radius 2 is 1.24 bits per heavy atom. The summed E-state index contributed by atoms with van der Waals surface area (Å²) < 4.78 is 4.76. The van der Waals surface area contributed by atoms with Crippen LogP contribution in [-0.4, -0.2) is 92.7 Å². The van der Waals surface area contributed by atoms with Crippen molar-refractivity contribution in [2.45, 2.75) is 30.5 Å². The van der Waals surface area contributed by atoms with E-state index in [4.69, 9.17) is 25.2 Å². The molecule has 0 aliphatic rings. The van der Waals surface area contributed by atoms with Crippen molar-refractivity contribution < 1.29 is 40.5 Å². The minimum atomic E-state index is -1.71. The first-order valence-electron chi connectivity index (χ1n) is 5.13. The molecular formula is C9H20O8. The highest BCUT2D eigenvalue weighted by molar-refractivity contribution is 4.80. The topological polar surface area (TPSA) is 151 Å². The fourth-order valence-electron chi connectivity index (χ4n) is 1.04. The van der Waals surface area contributed by atoms with Gasteiger partial charge in [-0.1, -0.05) is 0 Å². The van der Waals surface area contributed by atoms with E-state index in [1.807, 2.05) is 0 Å². The molecule has 17 heavy (non-hydrogen) atoms. The zero-order valence-corrected chi connectivity index (χ0v) is 9.25. The number of ether oxygens (including phenoxy) is 1. The monoisotopic (exact) mass is 256 g/mol. The molecule has 0 amide bonds. The molecule has 0 saturated carbocycles. The van der Waals surface area contributed by atoms with Gasteiger partial charge < -0.3 is 40.5 Å². The van der Waals surface area contributed by atoms with Gasteiger partial charge in [0.05, 0.1) is 26.4 Å². The Labute approximate surface area is 98.3 Å². The molecular weight excluding hydrogens is 236 g/mol. The largest absolute Gasteiger partial charge is 0.394 e. The normalized spacial score (nSPS) is 20.6. The van der Waals surface area contributed by atoms with Gasteiger partial charge >= 0.3 is 0 Å². The summed E-state index contributed by atoms with van der Waals surface area (Å²) in [6.45, 7) is -1.88. The van der Waals surface area contributed by atoms with E-state index in [0.29, 0.717) is 0 Å². The maximum atomic E-state index is 9.35. The van der Waals surface area contributed by atoms with E-state index in [0.717, 1.165) is 0 Å². The third kappa shape index (κ3) is 6.24. The van der Waals surface area contributed by atoms with Crippen LogP contribution in [0.15, 0.2) is 0 Å². The van der Waals surface area contributed by atoms with E-state index < -0.39 is 50.3 Å². The Morgan fingerprint density at radius 3 is 1.71 bits per heavy atom. The first kappa shape index (κ1) is 16.7. The van der Waals surface area contributed by atoms with Crippen molar-refractivity contribution in [2.24, 2.45) is 0 Å². The molecule has 0 spiro atoms. The summed E-state index contributed by atoms with van der Waals surface area (Å²) in [5.74, 6) is 0. The maximum absolute atomic E-state index is 9.35. The predicted octanol–water partition coefficient (Wildman–Crippen LogP) is -4.21. The van der Waals surface area contributed by atoms with E-state index in [-0.39, 0.29) is 6.61 Å². The summed E-state index contributed by atoms with van der Waals surface area (Å²) in [5, 5.41) is 62.8. The number of hydrogen-bond acceptors (Lipinski definition) is 8. The van der Waals surface area contributed by atoms with E-state index in [2.05, 4.69) is 0 Å². The van der Waals surface area contributed by atoms with Crippen LogP contribution in [0.3, 0.4) is 0 Å². The first-order chi connectivity index (χ1) is 7.93. The SMILES string of the molecule is OCC(O)COC[C@H](O)[C@@H](O)[C@H](O)[C@H](O)CO. The zero-order valence-electron chi connectivity index (χ0n) is 9.25. The fraction of sp³-hybridized carbons (Fsp3) is 1.00. The van der Waals surface area contributed by atoms with Crippen molar-refractivity contribution in [3.8, 4) is 0 Å². The van der Waals surface area contributed by atoms with Gasteiger partial charge in [-0.2, -0.15) is 0 Å². The van der Waals surface area contributed by atoms with Crippen LogP contribution >= 0.6 is 0 Å². The molecule has 1 unspecified atom stereocenters. The molecule has 5 atom stereocenters. The van der Waals surface area contributed by atoms with Gasteiger partial charge in [-0.05, 0) is 0 Å². The third-order valence-electron chi connectivity index (χ3n) is 2.14. The molecule has 0 bridgehead atoms. The van der Waals surface area contributed by atoms with Crippen LogP contribution in [0.1, 0.15) is 0 Å². The third-order valence-corrected chi connectivity index (χ3v) is 2.14. The van der Waals surface area contributed by atoms with Crippen LogP contribution in [0.2, 0.25) is 0 Å². The van der Waals surface area contributed by atoms with Gasteiger partial charge in [0.1, 0.15) is 30.5 Å². The minimum absolute atomic E-state index is 0.237. The van der Waals surface area contributed by atoms with Crippen LogP contribution in [0, 0.1) is 0 Å². The number of hydrogen-bond donors (Lipinski definition) is 7.